The van der Waals surface area contributed by atoms with Crippen molar-refractivity contribution in [2.75, 3.05) is 0 Å². The molecular weight excluding hydrogens is 198 g/mol. The van der Waals surface area contributed by atoms with Gasteiger partial charge in [-0.05, 0) is 37.5 Å². The van der Waals surface area contributed by atoms with Crippen LogP contribution < -0.4 is 0 Å². The number of nitriles is 1. The molecule has 3 atom stereocenters. The van der Waals surface area contributed by atoms with Crippen LogP contribution in [-0.4, -0.2) is 11.2 Å². The monoisotopic (exact) mass is 221 g/mol. The molecule has 16 heavy (non-hydrogen) atoms. The highest BCUT2D eigenvalue weighted by Gasteiger charge is 2.45. The van der Waals surface area contributed by atoms with E-state index < -0.39 is 5.41 Å². The Bertz CT molecular complexity index is 275. The second-order valence-electron chi connectivity index (χ2n) is 5.95. The average molecular weight is 221 g/mol. The zero-order valence-corrected chi connectivity index (χ0v) is 10.3. The second kappa shape index (κ2) is 4.75. The third kappa shape index (κ3) is 2.11. The van der Waals surface area contributed by atoms with Crippen LogP contribution in [0, 0.1) is 28.6 Å². The van der Waals surface area contributed by atoms with E-state index in [0.717, 1.165) is 44.4 Å². The molecule has 2 rings (SSSR count). The summed E-state index contributed by atoms with van der Waals surface area (Å²) in [4.78, 5) is 0. The number of nitrogens with zero attached hydrogens (tertiary/aromatic N) is 1. The van der Waals surface area contributed by atoms with E-state index in [1.165, 1.54) is 12.8 Å². The Kier molecular flexibility index (Phi) is 3.54. The van der Waals surface area contributed by atoms with Crippen molar-refractivity contribution in [3.63, 3.8) is 0 Å². The molecule has 90 valence electrons. The summed E-state index contributed by atoms with van der Waals surface area (Å²) in [5, 5.41) is 19.9. The van der Waals surface area contributed by atoms with Crippen LogP contribution in [0.1, 0.15) is 58.3 Å². The molecule has 0 heterocycles. The summed E-state index contributed by atoms with van der Waals surface area (Å²) in [5.74, 6) is 1.10. The van der Waals surface area contributed by atoms with Crippen LogP contribution in [0.4, 0.5) is 0 Å². The number of aliphatic hydroxyl groups is 1. The first kappa shape index (κ1) is 11.9. The predicted octanol–water partition coefficient (Wildman–Crippen LogP) is 3.26. The lowest BCUT2D eigenvalue weighted by atomic mass is 9.69. The fourth-order valence-corrected chi connectivity index (χ4v) is 3.70. The number of aliphatic hydroxyl groups excluding tert-OH is 1. The molecule has 0 aromatic carbocycles. The fourth-order valence-electron chi connectivity index (χ4n) is 3.70. The van der Waals surface area contributed by atoms with Gasteiger partial charge in [0.05, 0.1) is 17.6 Å². The Hall–Kier alpha value is -0.550. The Balaban J connectivity index is 2.05. The molecule has 1 N–H and O–H groups in total. The van der Waals surface area contributed by atoms with Gasteiger partial charge in [0.2, 0.25) is 0 Å². The van der Waals surface area contributed by atoms with Crippen molar-refractivity contribution < 1.29 is 5.11 Å². The topological polar surface area (TPSA) is 44.0 Å². The van der Waals surface area contributed by atoms with Crippen molar-refractivity contribution in [2.24, 2.45) is 17.3 Å². The lowest BCUT2D eigenvalue weighted by Crippen LogP contribution is -2.39. The van der Waals surface area contributed by atoms with Gasteiger partial charge in [-0.15, -0.1) is 0 Å². The summed E-state index contributed by atoms with van der Waals surface area (Å²) in [5.41, 5.74) is -0.401. The minimum absolute atomic E-state index is 0.372. The van der Waals surface area contributed by atoms with Gasteiger partial charge in [-0.2, -0.15) is 5.26 Å². The second-order valence-corrected chi connectivity index (χ2v) is 5.95. The molecule has 0 spiro atoms. The molecule has 2 aliphatic carbocycles. The van der Waals surface area contributed by atoms with Crippen molar-refractivity contribution in [3.8, 4) is 6.07 Å². The Morgan fingerprint density at radius 1 is 1.25 bits per heavy atom. The number of hydrogen-bond acceptors (Lipinski definition) is 2. The molecule has 0 amide bonds. The van der Waals surface area contributed by atoms with Crippen molar-refractivity contribution in [1.29, 1.82) is 5.26 Å². The Morgan fingerprint density at radius 3 is 2.50 bits per heavy atom. The summed E-state index contributed by atoms with van der Waals surface area (Å²) in [6, 6.07) is 2.44. The standard InChI is InChI=1S/C14H23NO/c1-11-5-4-6-12(9-11)13(16)14(10-15)7-2-3-8-14/h11-13,16H,2-9H2,1H3. The Morgan fingerprint density at radius 2 is 1.94 bits per heavy atom. The maximum atomic E-state index is 10.5. The molecule has 2 aliphatic rings. The third-order valence-electron chi connectivity index (χ3n) is 4.71. The highest BCUT2D eigenvalue weighted by atomic mass is 16.3. The van der Waals surface area contributed by atoms with Crippen molar-refractivity contribution in [1.82, 2.24) is 0 Å². The molecule has 2 heteroatoms. The predicted molar refractivity (Wildman–Crippen MR) is 63.6 cm³/mol. The zero-order chi connectivity index (χ0) is 11.6. The minimum Gasteiger partial charge on any atom is -0.391 e. The summed E-state index contributed by atoms with van der Waals surface area (Å²) < 4.78 is 0. The fraction of sp³-hybridized carbons (Fsp3) is 0.929. The SMILES string of the molecule is CC1CCCC(C(O)C2(C#N)CCCC2)C1. The first-order chi connectivity index (χ1) is 7.68. The van der Waals surface area contributed by atoms with E-state index in [1.807, 2.05) is 0 Å². The molecule has 0 radical (unpaired) electrons. The molecular formula is C14H23NO. The molecule has 2 nitrogen and oxygen atoms in total. The minimum atomic E-state index is -0.401. The van der Waals surface area contributed by atoms with E-state index in [1.54, 1.807) is 0 Å². The molecule has 3 unspecified atom stereocenters. The van der Waals surface area contributed by atoms with Crippen LogP contribution in [-0.2, 0) is 0 Å². The van der Waals surface area contributed by atoms with E-state index in [0.29, 0.717) is 5.92 Å². The molecule has 2 fully saturated rings. The Labute approximate surface area is 98.7 Å². The van der Waals surface area contributed by atoms with Gasteiger partial charge in [-0.1, -0.05) is 32.6 Å². The maximum absolute atomic E-state index is 10.5. The zero-order valence-electron chi connectivity index (χ0n) is 10.3. The summed E-state index contributed by atoms with van der Waals surface area (Å²) in [6.45, 7) is 2.27. The van der Waals surface area contributed by atoms with E-state index >= 15 is 0 Å². The number of hydrogen-bond donors (Lipinski definition) is 1. The molecule has 0 aromatic heterocycles. The van der Waals surface area contributed by atoms with Gasteiger partial charge in [-0.3, -0.25) is 0 Å². The first-order valence-electron chi connectivity index (χ1n) is 6.77. The quantitative estimate of drug-likeness (QED) is 0.777. The molecule has 0 aliphatic heterocycles. The van der Waals surface area contributed by atoms with Gasteiger partial charge >= 0.3 is 0 Å². The van der Waals surface area contributed by atoms with Crippen LogP contribution in [0.15, 0.2) is 0 Å². The van der Waals surface area contributed by atoms with Gasteiger partial charge in [0.1, 0.15) is 0 Å². The summed E-state index contributed by atoms with van der Waals surface area (Å²) in [6.07, 6.45) is 8.44. The van der Waals surface area contributed by atoms with Crippen molar-refractivity contribution in [3.05, 3.63) is 0 Å². The largest absolute Gasteiger partial charge is 0.391 e. The highest BCUT2D eigenvalue weighted by Crippen LogP contribution is 2.46. The first-order valence-corrected chi connectivity index (χ1v) is 6.77. The van der Waals surface area contributed by atoms with Gasteiger partial charge in [-0.25, -0.2) is 0 Å². The van der Waals surface area contributed by atoms with Crippen LogP contribution in [0.3, 0.4) is 0 Å². The van der Waals surface area contributed by atoms with Gasteiger partial charge in [0.25, 0.3) is 0 Å². The third-order valence-corrected chi connectivity index (χ3v) is 4.71. The number of rotatable bonds is 2. The van der Waals surface area contributed by atoms with Crippen LogP contribution in [0.5, 0.6) is 0 Å². The lowest BCUT2D eigenvalue weighted by molar-refractivity contribution is -0.00548. The van der Waals surface area contributed by atoms with Crippen LogP contribution >= 0.6 is 0 Å². The van der Waals surface area contributed by atoms with Gasteiger partial charge in [0.15, 0.2) is 0 Å². The summed E-state index contributed by atoms with van der Waals surface area (Å²) in [7, 11) is 0. The van der Waals surface area contributed by atoms with E-state index in [-0.39, 0.29) is 6.10 Å². The van der Waals surface area contributed by atoms with E-state index in [9.17, 15) is 10.4 Å². The van der Waals surface area contributed by atoms with Crippen LogP contribution in [0.2, 0.25) is 0 Å². The molecule has 0 saturated heterocycles. The molecule has 0 bridgehead atoms. The van der Waals surface area contributed by atoms with Crippen molar-refractivity contribution in [2.45, 2.75) is 64.4 Å². The van der Waals surface area contributed by atoms with E-state index in [4.69, 9.17) is 0 Å². The lowest BCUT2D eigenvalue weighted by Gasteiger charge is -2.37. The summed E-state index contributed by atoms with van der Waals surface area (Å²) >= 11 is 0. The van der Waals surface area contributed by atoms with Gasteiger partial charge < -0.3 is 5.11 Å². The smallest absolute Gasteiger partial charge is 0.0835 e. The normalized spacial score (nSPS) is 35.6. The molecule has 0 aromatic rings. The van der Waals surface area contributed by atoms with Gasteiger partial charge in [0, 0.05) is 0 Å². The van der Waals surface area contributed by atoms with E-state index in [2.05, 4.69) is 13.0 Å². The highest BCUT2D eigenvalue weighted by molar-refractivity contribution is 5.08. The molecule has 2 saturated carbocycles. The average Bonchev–Trinajstić information content (AvgIpc) is 2.78. The maximum Gasteiger partial charge on any atom is 0.0835 e. The van der Waals surface area contributed by atoms with Crippen molar-refractivity contribution >= 4 is 0 Å². The van der Waals surface area contributed by atoms with Crippen LogP contribution in [0.25, 0.3) is 0 Å².